The fourth-order valence-corrected chi connectivity index (χ4v) is 2.50. The summed E-state index contributed by atoms with van der Waals surface area (Å²) < 4.78 is 0. The number of carbonyl (C=O) groups excluding carboxylic acids is 2. The van der Waals surface area contributed by atoms with Gasteiger partial charge in [0, 0.05) is 25.1 Å². The summed E-state index contributed by atoms with van der Waals surface area (Å²) >= 11 is 0. The molecule has 2 rings (SSSR count). The Labute approximate surface area is 124 Å². The first-order valence-corrected chi connectivity index (χ1v) is 7.30. The van der Waals surface area contributed by atoms with Gasteiger partial charge in [0.1, 0.15) is 0 Å². The maximum Gasteiger partial charge on any atom is 0.248 e. The topological polar surface area (TPSA) is 101 Å². The lowest BCUT2D eigenvalue weighted by atomic mass is 10.1. The molecule has 114 valence electrons. The van der Waals surface area contributed by atoms with Gasteiger partial charge < -0.3 is 21.7 Å². The number of carbonyl (C=O) groups is 2. The summed E-state index contributed by atoms with van der Waals surface area (Å²) in [6.45, 7) is 2.40. The summed E-state index contributed by atoms with van der Waals surface area (Å²) in [5, 5.41) is 2.87. The largest absolute Gasteiger partial charge is 0.370 e. The lowest BCUT2D eigenvalue weighted by Gasteiger charge is -2.22. The number of anilines is 2. The number of nitrogens with zero attached hydrogens (tertiary/aromatic N) is 1. The van der Waals surface area contributed by atoms with Gasteiger partial charge in [-0.25, -0.2) is 0 Å². The SMILES string of the molecule is NCCCC(=O)Nc1cc(C(N)=O)ccc1N1CCCC1. The van der Waals surface area contributed by atoms with E-state index in [2.05, 4.69) is 10.2 Å². The molecule has 0 unspecified atom stereocenters. The van der Waals surface area contributed by atoms with Gasteiger partial charge in [0.25, 0.3) is 0 Å². The molecule has 2 amide bonds. The Bertz CT molecular complexity index is 524. The Morgan fingerprint density at radius 3 is 2.57 bits per heavy atom. The molecule has 1 aliphatic rings. The smallest absolute Gasteiger partial charge is 0.248 e. The average molecular weight is 290 g/mol. The second kappa shape index (κ2) is 7.08. The van der Waals surface area contributed by atoms with E-state index in [1.54, 1.807) is 12.1 Å². The summed E-state index contributed by atoms with van der Waals surface area (Å²) in [4.78, 5) is 25.5. The predicted octanol–water partition coefficient (Wildman–Crippen LogP) is 1.06. The molecule has 1 saturated heterocycles. The summed E-state index contributed by atoms with van der Waals surface area (Å²) in [6, 6.07) is 5.20. The number of nitrogens with two attached hydrogens (primary N) is 2. The van der Waals surface area contributed by atoms with Crippen LogP contribution in [0.4, 0.5) is 11.4 Å². The normalized spacial score (nSPS) is 14.2. The van der Waals surface area contributed by atoms with Gasteiger partial charge in [-0.05, 0) is 44.0 Å². The first kappa shape index (κ1) is 15.3. The molecule has 1 aromatic carbocycles. The number of amides is 2. The first-order valence-electron chi connectivity index (χ1n) is 7.30. The molecule has 0 radical (unpaired) electrons. The van der Waals surface area contributed by atoms with E-state index in [9.17, 15) is 9.59 Å². The molecule has 21 heavy (non-hydrogen) atoms. The van der Waals surface area contributed by atoms with Crippen molar-refractivity contribution in [3.63, 3.8) is 0 Å². The fourth-order valence-electron chi connectivity index (χ4n) is 2.50. The quantitative estimate of drug-likeness (QED) is 0.729. The van der Waals surface area contributed by atoms with E-state index in [4.69, 9.17) is 11.5 Å². The van der Waals surface area contributed by atoms with Gasteiger partial charge in [-0.15, -0.1) is 0 Å². The van der Waals surface area contributed by atoms with E-state index in [1.165, 1.54) is 0 Å². The van der Waals surface area contributed by atoms with Crippen molar-refractivity contribution in [2.45, 2.75) is 25.7 Å². The van der Waals surface area contributed by atoms with E-state index in [1.807, 2.05) is 6.07 Å². The highest BCUT2D eigenvalue weighted by molar-refractivity contribution is 5.99. The highest BCUT2D eigenvalue weighted by Gasteiger charge is 2.18. The number of primary amides is 1. The van der Waals surface area contributed by atoms with Crippen molar-refractivity contribution in [3.05, 3.63) is 23.8 Å². The Kier molecular flexibility index (Phi) is 5.16. The monoisotopic (exact) mass is 290 g/mol. The van der Waals surface area contributed by atoms with Crippen LogP contribution in [0.5, 0.6) is 0 Å². The van der Waals surface area contributed by atoms with Gasteiger partial charge in [0.2, 0.25) is 11.8 Å². The zero-order valence-electron chi connectivity index (χ0n) is 12.1. The maximum atomic E-state index is 11.9. The molecule has 0 aliphatic carbocycles. The summed E-state index contributed by atoms with van der Waals surface area (Å²) in [5.74, 6) is -0.594. The van der Waals surface area contributed by atoms with E-state index in [0.717, 1.165) is 31.6 Å². The minimum absolute atomic E-state index is 0.0949. The summed E-state index contributed by atoms with van der Waals surface area (Å²) in [6.07, 6.45) is 3.29. The third-order valence-corrected chi connectivity index (χ3v) is 3.61. The van der Waals surface area contributed by atoms with Crippen molar-refractivity contribution < 1.29 is 9.59 Å². The molecule has 1 fully saturated rings. The predicted molar refractivity (Wildman–Crippen MR) is 83.3 cm³/mol. The Hall–Kier alpha value is -2.08. The van der Waals surface area contributed by atoms with Crippen LogP contribution in [0.25, 0.3) is 0 Å². The second-order valence-corrected chi connectivity index (χ2v) is 5.23. The molecule has 1 heterocycles. The van der Waals surface area contributed by atoms with E-state index < -0.39 is 5.91 Å². The minimum Gasteiger partial charge on any atom is -0.370 e. The molecular weight excluding hydrogens is 268 g/mol. The number of hydrogen-bond donors (Lipinski definition) is 3. The van der Waals surface area contributed by atoms with Crippen LogP contribution in [0, 0.1) is 0 Å². The van der Waals surface area contributed by atoms with Crippen LogP contribution in [0.15, 0.2) is 18.2 Å². The molecule has 0 bridgehead atoms. The van der Waals surface area contributed by atoms with Crippen LogP contribution in [-0.4, -0.2) is 31.4 Å². The molecular formula is C15H22N4O2. The molecule has 1 aliphatic heterocycles. The number of nitrogens with one attached hydrogen (secondary N) is 1. The van der Waals surface area contributed by atoms with Gasteiger partial charge in [-0.3, -0.25) is 9.59 Å². The van der Waals surface area contributed by atoms with Gasteiger partial charge in [0.15, 0.2) is 0 Å². The molecule has 0 aromatic heterocycles. The van der Waals surface area contributed by atoms with Crippen LogP contribution in [0.2, 0.25) is 0 Å². The highest BCUT2D eigenvalue weighted by Crippen LogP contribution is 2.30. The van der Waals surface area contributed by atoms with Crippen LogP contribution in [-0.2, 0) is 4.79 Å². The molecule has 0 spiro atoms. The Morgan fingerprint density at radius 1 is 1.24 bits per heavy atom. The third-order valence-electron chi connectivity index (χ3n) is 3.61. The third kappa shape index (κ3) is 3.95. The lowest BCUT2D eigenvalue weighted by molar-refractivity contribution is -0.116. The zero-order valence-corrected chi connectivity index (χ0v) is 12.1. The van der Waals surface area contributed by atoms with Crippen LogP contribution >= 0.6 is 0 Å². The highest BCUT2D eigenvalue weighted by atomic mass is 16.2. The van der Waals surface area contributed by atoms with Crippen molar-refractivity contribution in [2.75, 3.05) is 29.9 Å². The average Bonchev–Trinajstić information content (AvgIpc) is 2.99. The van der Waals surface area contributed by atoms with E-state index in [0.29, 0.717) is 30.6 Å². The van der Waals surface area contributed by atoms with Crippen molar-refractivity contribution >= 4 is 23.2 Å². The van der Waals surface area contributed by atoms with Crippen LogP contribution in [0.1, 0.15) is 36.0 Å². The van der Waals surface area contributed by atoms with Gasteiger partial charge in [0.05, 0.1) is 11.4 Å². The molecule has 5 N–H and O–H groups in total. The molecule has 6 nitrogen and oxygen atoms in total. The Balaban J connectivity index is 2.22. The maximum absolute atomic E-state index is 11.9. The van der Waals surface area contributed by atoms with E-state index >= 15 is 0 Å². The lowest BCUT2D eigenvalue weighted by Crippen LogP contribution is -2.22. The van der Waals surface area contributed by atoms with Gasteiger partial charge in [-0.1, -0.05) is 0 Å². The number of benzene rings is 1. The van der Waals surface area contributed by atoms with Crippen molar-refractivity contribution in [1.82, 2.24) is 0 Å². The van der Waals surface area contributed by atoms with Crippen molar-refractivity contribution in [1.29, 1.82) is 0 Å². The molecule has 6 heteroatoms. The van der Waals surface area contributed by atoms with Gasteiger partial charge in [-0.2, -0.15) is 0 Å². The number of rotatable bonds is 6. The second-order valence-electron chi connectivity index (χ2n) is 5.23. The molecule has 0 atom stereocenters. The van der Waals surface area contributed by atoms with Crippen molar-refractivity contribution in [3.8, 4) is 0 Å². The van der Waals surface area contributed by atoms with Crippen molar-refractivity contribution in [2.24, 2.45) is 11.5 Å². The Morgan fingerprint density at radius 2 is 1.95 bits per heavy atom. The standard InChI is InChI=1S/C15H22N4O2/c16-7-3-4-14(20)18-12-10-11(15(17)21)5-6-13(12)19-8-1-2-9-19/h5-6,10H,1-4,7-9,16H2,(H2,17,21)(H,18,20). The molecule has 0 saturated carbocycles. The first-order chi connectivity index (χ1) is 10.1. The fraction of sp³-hybridized carbons (Fsp3) is 0.467. The van der Waals surface area contributed by atoms with Gasteiger partial charge >= 0.3 is 0 Å². The van der Waals surface area contributed by atoms with E-state index in [-0.39, 0.29) is 5.91 Å². The van der Waals surface area contributed by atoms with Crippen LogP contribution in [0.3, 0.4) is 0 Å². The van der Waals surface area contributed by atoms with Crippen LogP contribution < -0.4 is 21.7 Å². The molecule has 1 aromatic rings. The number of hydrogen-bond acceptors (Lipinski definition) is 4. The summed E-state index contributed by atoms with van der Waals surface area (Å²) in [7, 11) is 0. The summed E-state index contributed by atoms with van der Waals surface area (Å²) in [5.41, 5.74) is 12.7. The minimum atomic E-state index is -0.500. The zero-order chi connectivity index (χ0) is 15.2.